The Morgan fingerprint density at radius 3 is 2.67 bits per heavy atom. The van der Waals surface area contributed by atoms with Crippen LogP contribution in [0.1, 0.15) is 84.0 Å². The molecule has 0 spiro atoms. The van der Waals surface area contributed by atoms with E-state index in [0.29, 0.717) is 12.5 Å². The van der Waals surface area contributed by atoms with Crippen LogP contribution in [0.3, 0.4) is 0 Å². The zero-order valence-electron chi connectivity index (χ0n) is 14.1. The van der Waals surface area contributed by atoms with Crippen molar-refractivity contribution in [3.63, 3.8) is 0 Å². The molecule has 0 saturated heterocycles. The topological polar surface area (TPSA) is 20.2 Å². The maximum absolute atomic E-state index is 9.53. The van der Waals surface area contributed by atoms with E-state index in [-0.39, 0.29) is 0 Å². The molecule has 2 saturated carbocycles. The molecule has 1 nitrogen and oxygen atoms in total. The summed E-state index contributed by atoms with van der Waals surface area (Å²) in [4.78, 5) is 0. The van der Waals surface area contributed by atoms with Crippen molar-refractivity contribution in [2.45, 2.75) is 84.0 Å². The summed E-state index contributed by atoms with van der Waals surface area (Å²) >= 11 is 0. The number of aliphatic hydroxyl groups excluding tert-OH is 1. The molecule has 2 aliphatic carbocycles. The van der Waals surface area contributed by atoms with Gasteiger partial charge in [-0.3, -0.25) is 0 Å². The minimum atomic E-state index is 0.383. The molecule has 0 radical (unpaired) electrons. The molecule has 0 heterocycles. The van der Waals surface area contributed by atoms with Gasteiger partial charge in [-0.2, -0.15) is 0 Å². The lowest BCUT2D eigenvalue weighted by molar-refractivity contribution is 0.0939. The van der Waals surface area contributed by atoms with Crippen molar-refractivity contribution < 1.29 is 5.11 Å². The molecule has 0 aromatic rings. The van der Waals surface area contributed by atoms with Crippen LogP contribution in [0.15, 0.2) is 12.2 Å². The van der Waals surface area contributed by atoms with Gasteiger partial charge in [0.05, 0.1) is 0 Å². The summed E-state index contributed by atoms with van der Waals surface area (Å²) in [5.74, 6) is 3.68. The Kier molecular flexibility index (Phi) is 7.85. The maximum Gasteiger partial charge on any atom is 0.0459 e. The zero-order valence-corrected chi connectivity index (χ0v) is 14.1. The summed E-state index contributed by atoms with van der Waals surface area (Å²) in [5.41, 5.74) is 0. The summed E-state index contributed by atoms with van der Waals surface area (Å²) in [6.45, 7) is 2.46. The van der Waals surface area contributed by atoms with Crippen molar-refractivity contribution in [1.82, 2.24) is 0 Å². The molecule has 4 atom stereocenters. The Balaban J connectivity index is 1.68. The largest absolute Gasteiger partial charge is 0.396 e. The molecule has 0 bridgehead atoms. The Morgan fingerprint density at radius 2 is 1.86 bits per heavy atom. The van der Waals surface area contributed by atoms with E-state index in [0.717, 1.165) is 30.6 Å². The second-order valence-electron chi connectivity index (χ2n) is 7.53. The highest BCUT2D eigenvalue weighted by atomic mass is 16.3. The van der Waals surface area contributed by atoms with Crippen molar-refractivity contribution in [2.75, 3.05) is 6.61 Å². The molecule has 1 N–H and O–H groups in total. The molecule has 2 rings (SSSR count). The van der Waals surface area contributed by atoms with Crippen LogP contribution in [-0.2, 0) is 0 Å². The van der Waals surface area contributed by atoms with Crippen LogP contribution in [0.4, 0.5) is 0 Å². The summed E-state index contributed by atoms with van der Waals surface area (Å²) in [7, 11) is 0. The zero-order chi connectivity index (χ0) is 14.9. The smallest absolute Gasteiger partial charge is 0.0459 e. The highest BCUT2D eigenvalue weighted by Gasteiger charge is 2.34. The van der Waals surface area contributed by atoms with E-state index in [9.17, 15) is 5.11 Å². The molecular formula is C20H36O. The summed E-state index contributed by atoms with van der Waals surface area (Å²) in [5, 5.41) is 9.53. The van der Waals surface area contributed by atoms with Crippen LogP contribution < -0.4 is 0 Å². The van der Waals surface area contributed by atoms with Crippen molar-refractivity contribution in [3.8, 4) is 0 Å². The van der Waals surface area contributed by atoms with Crippen LogP contribution in [0.2, 0.25) is 0 Å². The summed E-state index contributed by atoms with van der Waals surface area (Å²) < 4.78 is 0. The number of allylic oxidation sites excluding steroid dienone is 2. The third kappa shape index (κ3) is 5.43. The first-order chi connectivity index (χ1) is 10.3. The Bertz CT molecular complexity index is 294. The van der Waals surface area contributed by atoms with Gasteiger partial charge < -0.3 is 5.11 Å². The van der Waals surface area contributed by atoms with Crippen LogP contribution in [0.5, 0.6) is 0 Å². The summed E-state index contributed by atoms with van der Waals surface area (Å²) in [6, 6.07) is 0. The van der Waals surface area contributed by atoms with Gasteiger partial charge >= 0.3 is 0 Å². The second-order valence-corrected chi connectivity index (χ2v) is 7.53. The van der Waals surface area contributed by atoms with E-state index < -0.39 is 0 Å². The van der Waals surface area contributed by atoms with E-state index in [2.05, 4.69) is 19.1 Å². The first-order valence-corrected chi connectivity index (χ1v) is 9.57. The monoisotopic (exact) mass is 292 g/mol. The van der Waals surface area contributed by atoms with Gasteiger partial charge in [-0.05, 0) is 56.3 Å². The van der Waals surface area contributed by atoms with Gasteiger partial charge in [0.25, 0.3) is 0 Å². The van der Waals surface area contributed by atoms with Gasteiger partial charge in [-0.15, -0.1) is 0 Å². The van der Waals surface area contributed by atoms with Crippen molar-refractivity contribution in [3.05, 3.63) is 12.2 Å². The fourth-order valence-corrected chi connectivity index (χ4v) is 4.92. The number of rotatable bonds is 8. The molecular weight excluding hydrogens is 256 g/mol. The van der Waals surface area contributed by atoms with Crippen LogP contribution in [0.25, 0.3) is 0 Å². The normalized spacial score (nSPS) is 31.2. The lowest BCUT2D eigenvalue weighted by atomic mass is 9.64. The predicted octanol–water partition coefficient (Wildman–Crippen LogP) is 5.73. The number of hydrogen-bond donors (Lipinski definition) is 1. The SMILES string of the molecule is C/C=C\CCC(CO)CCCC1CCCC2CCCCC21. The van der Waals surface area contributed by atoms with E-state index in [4.69, 9.17) is 0 Å². The molecule has 2 aliphatic rings. The number of aliphatic hydroxyl groups is 1. The molecule has 2 fully saturated rings. The van der Waals surface area contributed by atoms with Gasteiger partial charge in [-0.25, -0.2) is 0 Å². The van der Waals surface area contributed by atoms with Crippen LogP contribution in [0, 0.1) is 23.7 Å². The van der Waals surface area contributed by atoms with Crippen molar-refractivity contribution in [1.29, 1.82) is 0 Å². The fourth-order valence-electron chi connectivity index (χ4n) is 4.92. The van der Waals surface area contributed by atoms with E-state index in [1.807, 2.05) is 0 Å². The lowest BCUT2D eigenvalue weighted by Crippen LogP contribution is -2.31. The van der Waals surface area contributed by atoms with E-state index in [1.165, 1.54) is 64.2 Å². The van der Waals surface area contributed by atoms with E-state index in [1.54, 1.807) is 0 Å². The van der Waals surface area contributed by atoms with Crippen molar-refractivity contribution >= 4 is 0 Å². The minimum absolute atomic E-state index is 0.383. The molecule has 21 heavy (non-hydrogen) atoms. The average molecular weight is 293 g/mol. The number of fused-ring (bicyclic) bond motifs is 1. The molecule has 4 unspecified atom stereocenters. The third-order valence-corrected chi connectivity index (χ3v) is 6.15. The molecule has 0 amide bonds. The first kappa shape index (κ1) is 17.1. The van der Waals surface area contributed by atoms with Gasteiger partial charge in [0.1, 0.15) is 0 Å². The third-order valence-electron chi connectivity index (χ3n) is 6.15. The van der Waals surface area contributed by atoms with Crippen molar-refractivity contribution in [2.24, 2.45) is 23.7 Å². The van der Waals surface area contributed by atoms with Gasteiger partial charge in [0.2, 0.25) is 0 Å². The molecule has 0 aliphatic heterocycles. The Hall–Kier alpha value is -0.300. The van der Waals surface area contributed by atoms with Gasteiger partial charge in [-0.1, -0.05) is 63.5 Å². The standard InChI is InChI=1S/C20H36O/c1-2-3-4-9-17(16-21)10-7-12-19-14-8-13-18-11-5-6-15-20(18)19/h2-3,17-21H,4-16H2,1H3/b3-2-. The number of hydrogen-bond acceptors (Lipinski definition) is 1. The molecule has 0 aromatic carbocycles. The highest BCUT2D eigenvalue weighted by molar-refractivity contribution is 4.85. The van der Waals surface area contributed by atoms with Crippen LogP contribution in [-0.4, -0.2) is 11.7 Å². The second kappa shape index (κ2) is 9.66. The first-order valence-electron chi connectivity index (χ1n) is 9.57. The van der Waals surface area contributed by atoms with Crippen LogP contribution >= 0.6 is 0 Å². The molecule has 1 heteroatoms. The minimum Gasteiger partial charge on any atom is -0.396 e. The Morgan fingerprint density at radius 1 is 1.05 bits per heavy atom. The summed E-state index contributed by atoms with van der Waals surface area (Å²) in [6.07, 6.45) is 21.2. The fraction of sp³-hybridized carbons (Fsp3) is 0.900. The molecule has 122 valence electrons. The van der Waals surface area contributed by atoms with E-state index >= 15 is 0 Å². The van der Waals surface area contributed by atoms with Gasteiger partial charge in [0, 0.05) is 6.61 Å². The Labute approximate surface area is 132 Å². The lowest BCUT2D eigenvalue weighted by Gasteiger charge is -2.41. The average Bonchev–Trinajstić information content (AvgIpc) is 2.53. The quantitative estimate of drug-likeness (QED) is 0.567. The molecule has 0 aromatic heterocycles. The van der Waals surface area contributed by atoms with Gasteiger partial charge in [0.15, 0.2) is 0 Å². The predicted molar refractivity (Wildman–Crippen MR) is 91.3 cm³/mol. The maximum atomic E-state index is 9.53. The highest BCUT2D eigenvalue weighted by Crippen LogP contribution is 2.45.